The SMILES string of the molecule is CCN(CC)CCOc1ncnc(NC)c1C(C)C. The third-order valence-corrected chi connectivity index (χ3v) is 3.20. The van der Waals surface area contributed by atoms with Gasteiger partial charge in [-0.05, 0) is 19.0 Å². The highest BCUT2D eigenvalue weighted by atomic mass is 16.5. The van der Waals surface area contributed by atoms with Crippen LogP contribution in [-0.2, 0) is 0 Å². The first-order valence-corrected chi connectivity index (χ1v) is 7.01. The van der Waals surface area contributed by atoms with Gasteiger partial charge >= 0.3 is 0 Å². The second-order valence-electron chi connectivity index (χ2n) is 4.72. The molecule has 1 N–H and O–H groups in total. The minimum atomic E-state index is 0.326. The monoisotopic (exact) mass is 266 g/mol. The molecule has 0 fully saturated rings. The fourth-order valence-electron chi connectivity index (χ4n) is 2.03. The van der Waals surface area contributed by atoms with Crippen molar-refractivity contribution in [1.82, 2.24) is 14.9 Å². The van der Waals surface area contributed by atoms with Crippen molar-refractivity contribution < 1.29 is 4.74 Å². The molecule has 1 aromatic heterocycles. The Hall–Kier alpha value is -1.36. The number of ether oxygens (including phenoxy) is 1. The largest absolute Gasteiger partial charge is 0.476 e. The van der Waals surface area contributed by atoms with Crippen molar-refractivity contribution in [1.29, 1.82) is 0 Å². The van der Waals surface area contributed by atoms with Gasteiger partial charge in [-0.1, -0.05) is 27.7 Å². The van der Waals surface area contributed by atoms with Gasteiger partial charge in [-0.25, -0.2) is 9.97 Å². The van der Waals surface area contributed by atoms with E-state index in [0.717, 1.165) is 31.0 Å². The number of nitrogens with zero attached hydrogens (tertiary/aromatic N) is 3. The van der Waals surface area contributed by atoms with Crippen LogP contribution in [0.5, 0.6) is 5.88 Å². The van der Waals surface area contributed by atoms with Gasteiger partial charge in [0.15, 0.2) is 0 Å². The molecule has 108 valence electrons. The summed E-state index contributed by atoms with van der Waals surface area (Å²) < 4.78 is 5.84. The molecule has 0 bridgehead atoms. The van der Waals surface area contributed by atoms with E-state index in [1.54, 1.807) is 6.33 Å². The number of rotatable bonds is 8. The van der Waals surface area contributed by atoms with Crippen molar-refractivity contribution in [3.05, 3.63) is 11.9 Å². The number of nitrogens with one attached hydrogen (secondary N) is 1. The lowest BCUT2D eigenvalue weighted by Crippen LogP contribution is -2.28. The molecule has 0 saturated heterocycles. The molecule has 1 rings (SSSR count). The molecule has 19 heavy (non-hydrogen) atoms. The molecule has 5 heteroatoms. The zero-order valence-corrected chi connectivity index (χ0v) is 12.7. The summed E-state index contributed by atoms with van der Waals surface area (Å²) in [7, 11) is 1.87. The van der Waals surface area contributed by atoms with Crippen molar-refractivity contribution in [2.75, 3.05) is 38.6 Å². The molecule has 0 saturated carbocycles. The van der Waals surface area contributed by atoms with E-state index in [2.05, 4.69) is 47.9 Å². The lowest BCUT2D eigenvalue weighted by Gasteiger charge is -2.19. The first kappa shape index (κ1) is 15.7. The van der Waals surface area contributed by atoms with Gasteiger partial charge in [0, 0.05) is 13.6 Å². The summed E-state index contributed by atoms with van der Waals surface area (Å²) >= 11 is 0. The zero-order chi connectivity index (χ0) is 14.3. The summed E-state index contributed by atoms with van der Waals surface area (Å²) in [6.07, 6.45) is 1.55. The highest BCUT2D eigenvalue weighted by Gasteiger charge is 2.15. The molecular weight excluding hydrogens is 240 g/mol. The van der Waals surface area contributed by atoms with Gasteiger partial charge in [0.05, 0.1) is 5.56 Å². The second kappa shape index (κ2) is 7.94. The summed E-state index contributed by atoms with van der Waals surface area (Å²) in [6, 6.07) is 0. The maximum Gasteiger partial charge on any atom is 0.222 e. The fourth-order valence-corrected chi connectivity index (χ4v) is 2.03. The summed E-state index contributed by atoms with van der Waals surface area (Å²) in [4.78, 5) is 10.8. The van der Waals surface area contributed by atoms with Gasteiger partial charge in [0.1, 0.15) is 18.8 Å². The zero-order valence-electron chi connectivity index (χ0n) is 12.7. The summed E-state index contributed by atoms with van der Waals surface area (Å²) in [5, 5.41) is 3.10. The van der Waals surface area contributed by atoms with Crippen molar-refractivity contribution in [2.24, 2.45) is 0 Å². The van der Waals surface area contributed by atoms with Crippen LogP contribution in [0.25, 0.3) is 0 Å². The van der Waals surface area contributed by atoms with Crippen LogP contribution >= 0.6 is 0 Å². The Bertz CT molecular complexity index is 378. The van der Waals surface area contributed by atoms with Gasteiger partial charge < -0.3 is 15.0 Å². The van der Waals surface area contributed by atoms with Gasteiger partial charge in [0.25, 0.3) is 0 Å². The Balaban J connectivity index is 2.72. The smallest absolute Gasteiger partial charge is 0.222 e. The average Bonchev–Trinajstić information content (AvgIpc) is 2.42. The van der Waals surface area contributed by atoms with E-state index in [1.165, 1.54) is 0 Å². The van der Waals surface area contributed by atoms with Gasteiger partial charge in [-0.3, -0.25) is 0 Å². The molecular formula is C14H26N4O. The number of aromatic nitrogens is 2. The molecule has 0 aliphatic carbocycles. The van der Waals surface area contributed by atoms with E-state index < -0.39 is 0 Å². The Labute approximate surface area is 116 Å². The molecule has 0 aliphatic heterocycles. The quantitative estimate of drug-likeness (QED) is 0.783. The predicted molar refractivity (Wildman–Crippen MR) is 79.0 cm³/mol. The van der Waals surface area contributed by atoms with Crippen LogP contribution < -0.4 is 10.1 Å². The first-order chi connectivity index (χ1) is 9.13. The maximum atomic E-state index is 5.84. The molecule has 1 aromatic rings. The number of hydrogen-bond donors (Lipinski definition) is 1. The lowest BCUT2D eigenvalue weighted by molar-refractivity contribution is 0.216. The van der Waals surface area contributed by atoms with Crippen LogP contribution in [0.2, 0.25) is 0 Å². The lowest BCUT2D eigenvalue weighted by atomic mass is 10.1. The molecule has 0 atom stereocenters. The number of hydrogen-bond acceptors (Lipinski definition) is 5. The van der Waals surface area contributed by atoms with Crippen LogP contribution in [-0.4, -0.2) is 48.2 Å². The summed E-state index contributed by atoms with van der Waals surface area (Å²) in [5.74, 6) is 1.87. The van der Waals surface area contributed by atoms with Crippen molar-refractivity contribution >= 4 is 5.82 Å². The Morgan fingerprint density at radius 1 is 1.26 bits per heavy atom. The minimum Gasteiger partial charge on any atom is -0.476 e. The molecule has 5 nitrogen and oxygen atoms in total. The van der Waals surface area contributed by atoms with E-state index in [4.69, 9.17) is 4.74 Å². The Morgan fingerprint density at radius 2 is 1.95 bits per heavy atom. The summed E-state index contributed by atoms with van der Waals surface area (Å²) in [6.45, 7) is 12.2. The van der Waals surface area contributed by atoms with Crippen molar-refractivity contribution in [2.45, 2.75) is 33.6 Å². The average molecular weight is 266 g/mol. The van der Waals surface area contributed by atoms with E-state index in [0.29, 0.717) is 18.4 Å². The fraction of sp³-hybridized carbons (Fsp3) is 0.714. The van der Waals surface area contributed by atoms with Crippen LogP contribution in [0.15, 0.2) is 6.33 Å². The standard InChI is InChI=1S/C14H26N4O/c1-6-18(7-2)8-9-19-14-12(11(3)4)13(15-5)16-10-17-14/h10-11H,6-9H2,1-5H3,(H,15,16,17). The van der Waals surface area contributed by atoms with Crippen LogP contribution in [0.3, 0.4) is 0 Å². The molecule has 0 aliphatic rings. The first-order valence-electron chi connectivity index (χ1n) is 7.01. The minimum absolute atomic E-state index is 0.326. The predicted octanol–water partition coefficient (Wildman–Crippen LogP) is 2.36. The van der Waals surface area contributed by atoms with Crippen molar-refractivity contribution in [3.63, 3.8) is 0 Å². The Kier molecular flexibility index (Phi) is 6.56. The van der Waals surface area contributed by atoms with E-state index in [9.17, 15) is 0 Å². The second-order valence-corrected chi connectivity index (χ2v) is 4.72. The molecule has 0 amide bonds. The molecule has 0 unspecified atom stereocenters. The third kappa shape index (κ3) is 4.35. The molecule has 0 radical (unpaired) electrons. The van der Waals surface area contributed by atoms with Crippen LogP contribution in [0.1, 0.15) is 39.2 Å². The molecule has 1 heterocycles. The van der Waals surface area contributed by atoms with E-state index in [-0.39, 0.29) is 0 Å². The number of anilines is 1. The molecule has 0 aromatic carbocycles. The van der Waals surface area contributed by atoms with E-state index >= 15 is 0 Å². The van der Waals surface area contributed by atoms with Gasteiger partial charge in [0.2, 0.25) is 5.88 Å². The van der Waals surface area contributed by atoms with Gasteiger partial charge in [-0.2, -0.15) is 0 Å². The van der Waals surface area contributed by atoms with Gasteiger partial charge in [-0.15, -0.1) is 0 Å². The van der Waals surface area contributed by atoms with Crippen LogP contribution in [0, 0.1) is 0 Å². The van der Waals surface area contributed by atoms with Crippen LogP contribution in [0.4, 0.5) is 5.82 Å². The molecule has 0 spiro atoms. The maximum absolute atomic E-state index is 5.84. The normalized spacial score (nSPS) is 11.1. The highest BCUT2D eigenvalue weighted by molar-refractivity contribution is 5.50. The summed E-state index contributed by atoms with van der Waals surface area (Å²) in [5.41, 5.74) is 1.05. The van der Waals surface area contributed by atoms with Crippen molar-refractivity contribution in [3.8, 4) is 5.88 Å². The third-order valence-electron chi connectivity index (χ3n) is 3.20. The number of likely N-dealkylation sites (N-methyl/N-ethyl adjacent to an activating group) is 1. The highest BCUT2D eigenvalue weighted by Crippen LogP contribution is 2.29. The topological polar surface area (TPSA) is 50.3 Å². The Morgan fingerprint density at radius 3 is 2.47 bits per heavy atom. The van der Waals surface area contributed by atoms with E-state index in [1.807, 2.05) is 7.05 Å².